The van der Waals surface area contributed by atoms with Crippen LogP contribution in [0.4, 0.5) is 5.69 Å². The normalized spacial score (nSPS) is 10.6. The van der Waals surface area contributed by atoms with E-state index in [0.717, 1.165) is 10.9 Å². The van der Waals surface area contributed by atoms with Crippen LogP contribution in [0.1, 0.15) is 15.9 Å². The Morgan fingerprint density at radius 2 is 1.85 bits per heavy atom. The summed E-state index contributed by atoms with van der Waals surface area (Å²) < 4.78 is 5.36. The number of carbonyl (C=O) groups is 1. The Balaban J connectivity index is 1.75. The number of nitrogens with two attached hydrogens (primary N) is 1. The van der Waals surface area contributed by atoms with E-state index in [1.807, 2.05) is 48.5 Å². The second-order valence-corrected chi connectivity index (χ2v) is 4.57. The van der Waals surface area contributed by atoms with Crippen molar-refractivity contribution < 1.29 is 9.21 Å². The van der Waals surface area contributed by atoms with Crippen LogP contribution in [0.2, 0.25) is 0 Å². The molecular weight excluding hydrogens is 252 g/mol. The van der Waals surface area contributed by atoms with Crippen molar-refractivity contribution in [2.75, 3.05) is 5.73 Å². The molecule has 100 valence electrons. The van der Waals surface area contributed by atoms with Crippen molar-refractivity contribution in [1.82, 2.24) is 5.32 Å². The Morgan fingerprint density at radius 3 is 2.65 bits per heavy atom. The van der Waals surface area contributed by atoms with Gasteiger partial charge in [0.15, 0.2) is 0 Å². The number of hydrogen-bond acceptors (Lipinski definition) is 3. The van der Waals surface area contributed by atoms with E-state index < -0.39 is 0 Å². The van der Waals surface area contributed by atoms with Crippen molar-refractivity contribution in [3.05, 3.63) is 65.9 Å². The van der Waals surface area contributed by atoms with Crippen LogP contribution in [0.5, 0.6) is 0 Å². The average Bonchev–Trinajstić information content (AvgIpc) is 2.90. The predicted octanol–water partition coefficient (Wildman–Crippen LogP) is 2.95. The number of nitrogens with one attached hydrogen (secondary N) is 1. The van der Waals surface area contributed by atoms with Gasteiger partial charge in [0.1, 0.15) is 11.8 Å². The number of furan rings is 1. The van der Waals surface area contributed by atoms with E-state index in [0.29, 0.717) is 23.4 Å². The van der Waals surface area contributed by atoms with Crippen molar-refractivity contribution in [1.29, 1.82) is 0 Å². The maximum Gasteiger partial charge on any atom is 0.255 e. The summed E-state index contributed by atoms with van der Waals surface area (Å²) in [7, 11) is 0. The molecular formula is C16H14N2O2. The number of rotatable bonds is 3. The molecule has 0 aliphatic heterocycles. The molecule has 3 aromatic rings. The van der Waals surface area contributed by atoms with Gasteiger partial charge >= 0.3 is 0 Å². The van der Waals surface area contributed by atoms with Crippen molar-refractivity contribution >= 4 is 22.6 Å². The molecule has 0 saturated carbocycles. The minimum atomic E-state index is -0.147. The van der Waals surface area contributed by atoms with Gasteiger partial charge < -0.3 is 15.5 Å². The molecule has 0 unspecified atom stereocenters. The number of hydrogen-bond donors (Lipinski definition) is 2. The third-order valence-corrected chi connectivity index (χ3v) is 3.16. The summed E-state index contributed by atoms with van der Waals surface area (Å²) in [6, 6.07) is 14.9. The lowest BCUT2D eigenvalue weighted by molar-refractivity contribution is 0.0951. The van der Waals surface area contributed by atoms with Crippen LogP contribution in [-0.2, 0) is 6.54 Å². The molecule has 0 fully saturated rings. The van der Waals surface area contributed by atoms with Gasteiger partial charge in [-0.05, 0) is 23.8 Å². The molecule has 4 nitrogen and oxygen atoms in total. The first kappa shape index (κ1) is 12.3. The summed E-state index contributed by atoms with van der Waals surface area (Å²) in [5, 5.41) is 3.69. The maximum absolute atomic E-state index is 12.2. The monoisotopic (exact) mass is 266 g/mol. The Hall–Kier alpha value is -2.75. The molecule has 2 aromatic carbocycles. The fourth-order valence-electron chi connectivity index (χ4n) is 2.07. The first-order valence-electron chi connectivity index (χ1n) is 6.33. The van der Waals surface area contributed by atoms with Gasteiger partial charge in [-0.25, -0.2) is 0 Å². The fourth-order valence-corrected chi connectivity index (χ4v) is 2.07. The summed E-state index contributed by atoms with van der Waals surface area (Å²) >= 11 is 0. The number of anilines is 1. The molecule has 3 N–H and O–H groups in total. The van der Waals surface area contributed by atoms with Crippen LogP contribution >= 0.6 is 0 Å². The van der Waals surface area contributed by atoms with Crippen LogP contribution in [0.15, 0.2) is 59.2 Å². The Morgan fingerprint density at radius 1 is 1.10 bits per heavy atom. The topological polar surface area (TPSA) is 68.3 Å². The van der Waals surface area contributed by atoms with Gasteiger partial charge in [-0.3, -0.25) is 4.79 Å². The van der Waals surface area contributed by atoms with Crippen LogP contribution in [-0.4, -0.2) is 5.91 Å². The van der Waals surface area contributed by atoms with E-state index in [4.69, 9.17) is 10.2 Å². The Bertz CT molecular complexity index is 745. The zero-order valence-electron chi connectivity index (χ0n) is 10.8. The zero-order chi connectivity index (χ0) is 13.9. The first-order valence-corrected chi connectivity index (χ1v) is 6.33. The molecule has 3 rings (SSSR count). The number of carbonyl (C=O) groups excluding carboxylic acids is 1. The van der Waals surface area contributed by atoms with Crippen molar-refractivity contribution in [2.45, 2.75) is 6.54 Å². The highest BCUT2D eigenvalue weighted by atomic mass is 16.3. The summed E-state index contributed by atoms with van der Waals surface area (Å²) in [4.78, 5) is 12.2. The highest BCUT2D eigenvalue weighted by Gasteiger charge is 2.12. The third-order valence-electron chi connectivity index (χ3n) is 3.16. The Labute approximate surface area is 116 Å². The summed E-state index contributed by atoms with van der Waals surface area (Å²) in [5.41, 5.74) is 8.60. The molecule has 20 heavy (non-hydrogen) atoms. The SMILES string of the molecule is Nc1ccc(CNC(=O)c2coc3ccccc23)cc1. The molecule has 0 atom stereocenters. The van der Waals surface area contributed by atoms with E-state index in [9.17, 15) is 4.79 Å². The lowest BCUT2D eigenvalue weighted by atomic mass is 10.1. The van der Waals surface area contributed by atoms with Crippen LogP contribution in [0.25, 0.3) is 11.0 Å². The number of fused-ring (bicyclic) bond motifs is 1. The zero-order valence-corrected chi connectivity index (χ0v) is 10.8. The molecule has 0 bridgehead atoms. The smallest absolute Gasteiger partial charge is 0.255 e. The standard InChI is InChI=1S/C16H14N2O2/c17-12-7-5-11(6-8-12)9-18-16(19)14-10-20-15-4-2-1-3-13(14)15/h1-8,10H,9,17H2,(H,18,19). The predicted molar refractivity (Wildman–Crippen MR) is 78.2 cm³/mol. The van der Waals surface area contributed by atoms with Crippen molar-refractivity contribution in [2.24, 2.45) is 0 Å². The molecule has 0 spiro atoms. The quantitative estimate of drug-likeness (QED) is 0.716. The van der Waals surface area contributed by atoms with Crippen molar-refractivity contribution in [3.63, 3.8) is 0 Å². The van der Waals surface area contributed by atoms with Gasteiger partial charge in [0.25, 0.3) is 5.91 Å². The van der Waals surface area contributed by atoms with Gasteiger partial charge in [-0.1, -0.05) is 30.3 Å². The van der Waals surface area contributed by atoms with Crippen LogP contribution < -0.4 is 11.1 Å². The molecule has 0 saturated heterocycles. The van der Waals surface area contributed by atoms with E-state index in [-0.39, 0.29) is 5.91 Å². The van der Waals surface area contributed by atoms with Gasteiger partial charge in [0, 0.05) is 17.6 Å². The summed E-state index contributed by atoms with van der Waals surface area (Å²) in [6.07, 6.45) is 1.49. The van der Waals surface area contributed by atoms with E-state index in [1.54, 1.807) is 0 Å². The van der Waals surface area contributed by atoms with Gasteiger partial charge in [-0.15, -0.1) is 0 Å². The Kier molecular flexibility index (Phi) is 3.13. The maximum atomic E-state index is 12.2. The van der Waals surface area contributed by atoms with Crippen molar-refractivity contribution in [3.8, 4) is 0 Å². The second-order valence-electron chi connectivity index (χ2n) is 4.57. The lowest BCUT2D eigenvalue weighted by Crippen LogP contribution is -2.22. The van der Waals surface area contributed by atoms with Crippen LogP contribution in [0.3, 0.4) is 0 Å². The molecule has 4 heteroatoms. The molecule has 1 aromatic heterocycles. The average molecular weight is 266 g/mol. The third kappa shape index (κ3) is 2.36. The largest absolute Gasteiger partial charge is 0.463 e. The second kappa shape index (κ2) is 5.09. The summed E-state index contributed by atoms with van der Waals surface area (Å²) in [6.45, 7) is 0.457. The lowest BCUT2D eigenvalue weighted by Gasteiger charge is -2.04. The van der Waals surface area contributed by atoms with Gasteiger partial charge in [0.2, 0.25) is 0 Å². The molecule has 0 radical (unpaired) electrons. The van der Waals surface area contributed by atoms with E-state index >= 15 is 0 Å². The van der Waals surface area contributed by atoms with Gasteiger partial charge in [-0.2, -0.15) is 0 Å². The summed E-state index contributed by atoms with van der Waals surface area (Å²) in [5.74, 6) is -0.147. The van der Waals surface area contributed by atoms with Gasteiger partial charge in [0.05, 0.1) is 5.56 Å². The minimum Gasteiger partial charge on any atom is -0.463 e. The number of para-hydroxylation sites is 1. The molecule has 1 heterocycles. The number of amides is 1. The molecule has 0 aliphatic rings. The minimum absolute atomic E-state index is 0.147. The number of nitrogen functional groups attached to an aromatic ring is 1. The van der Waals surface area contributed by atoms with E-state index in [1.165, 1.54) is 6.26 Å². The molecule has 0 aliphatic carbocycles. The van der Waals surface area contributed by atoms with Crippen LogP contribution in [0, 0.1) is 0 Å². The highest BCUT2D eigenvalue weighted by molar-refractivity contribution is 6.05. The number of benzene rings is 2. The highest BCUT2D eigenvalue weighted by Crippen LogP contribution is 2.20. The van der Waals surface area contributed by atoms with E-state index in [2.05, 4.69) is 5.32 Å². The first-order chi connectivity index (χ1) is 9.74. The fraction of sp³-hybridized carbons (Fsp3) is 0.0625. The molecule has 1 amide bonds.